The van der Waals surface area contributed by atoms with E-state index in [0.29, 0.717) is 10.4 Å². The van der Waals surface area contributed by atoms with Crippen LogP contribution in [0.1, 0.15) is 17.4 Å². The van der Waals surface area contributed by atoms with Gasteiger partial charge in [0.05, 0.1) is 0 Å². The number of rotatable bonds is 2. The van der Waals surface area contributed by atoms with Crippen molar-refractivity contribution >= 4 is 15.9 Å². The standard InChI is InChI=1S/C9H8BrNO2/c10-8-2-1-7(13-8)9(12)6-3-4-11-5-6/h1-5,9,11-12H. The number of aliphatic hydroxyl groups excluding tert-OH is 1. The number of halogens is 1. The van der Waals surface area contributed by atoms with Gasteiger partial charge in [-0.1, -0.05) is 0 Å². The van der Waals surface area contributed by atoms with Crippen molar-refractivity contribution in [3.05, 3.63) is 46.6 Å². The summed E-state index contributed by atoms with van der Waals surface area (Å²) in [5.74, 6) is 0.534. The highest BCUT2D eigenvalue weighted by atomic mass is 79.9. The average molecular weight is 242 g/mol. The van der Waals surface area contributed by atoms with Gasteiger partial charge in [-0.2, -0.15) is 0 Å². The van der Waals surface area contributed by atoms with Gasteiger partial charge < -0.3 is 14.5 Å². The predicted molar refractivity (Wildman–Crippen MR) is 51.3 cm³/mol. The Morgan fingerprint density at radius 3 is 2.77 bits per heavy atom. The average Bonchev–Trinajstić information content (AvgIpc) is 2.72. The molecule has 2 rings (SSSR count). The van der Waals surface area contributed by atoms with Crippen molar-refractivity contribution in [3.63, 3.8) is 0 Å². The minimum absolute atomic E-state index is 0.534. The second-order valence-electron chi connectivity index (χ2n) is 2.69. The van der Waals surface area contributed by atoms with Crippen LogP contribution in [-0.2, 0) is 0 Å². The molecule has 2 heterocycles. The molecule has 1 atom stereocenters. The Morgan fingerprint density at radius 2 is 2.23 bits per heavy atom. The summed E-state index contributed by atoms with van der Waals surface area (Å²) >= 11 is 3.18. The monoisotopic (exact) mass is 241 g/mol. The Balaban J connectivity index is 2.28. The van der Waals surface area contributed by atoms with Crippen LogP contribution in [0.4, 0.5) is 0 Å². The van der Waals surface area contributed by atoms with E-state index < -0.39 is 6.10 Å². The zero-order valence-corrected chi connectivity index (χ0v) is 8.28. The van der Waals surface area contributed by atoms with E-state index in [9.17, 15) is 5.11 Å². The van der Waals surface area contributed by atoms with Crippen LogP contribution in [-0.4, -0.2) is 10.1 Å². The number of hydrogen-bond acceptors (Lipinski definition) is 2. The zero-order valence-electron chi connectivity index (χ0n) is 6.70. The van der Waals surface area contributed by atoms with E-state index in [1.54, 1.807) is 30.6 Å². The molecule has 1 unspecified atom stereocenters. The maximum atomic E-state index is 9.76. The van der Waals surface area contributed by atoms with E-state index in [4.69, 9.17) is 4.42 Å². The van der Waals surface area contributed by atoms with Crippen LogP contribution in [0.15, 0.2) is 39.7 Å². The van der Waals surface area contributed by atoms with Crippen LogP contribution in [0.2, 0.25) is 0 Å². The maximum absolute atomic E-state index is 9.76. The minimum Gasteiger partial charge on any atom is -0.451 e. The summed E-state index contributed by atoms with van der Waals surface area (Å²) in [4.78, 5) is 2.87. The van der Waals surface area contributed by atoms with Crippen molar-refractivity contribution in [1.82, 2.24) is 4.98 Å². The van der Waals surface area contributed by atoms with Gasteiger partial charge in [0.2, 0.25) is 0 Å². The van der Waals surface area contributed by atoms with Crippen molar-refractivity contribution in [2.75, 3.05) is 0 Å². The Bertz CT molecular complexity index is 380. The number of aliphatic hydroxyl groups is 1. The quantitative estimate of drug-likeness (QED) is 0.849. The molecule has 2 aromatic heterocycles. The van der Waals surface area contributed by atoms with Crippen molar-refractivity contribution in [2.24, 2.45) is 0 Å². The molecule has 0 radical (unpaired) electrons. The van der Waals surface area contributed by atoms with Gasteiger partial charge in [-0.3, -0.25) is 0 Å². The molecule has 0 aliphatic heterocycles. The molecule has 0 saturated heterocycles. The lowest BCUT2D eigenvalue weighted by molar-refractivity contribution is 0.188. The zero-order chi connectivity index (χ0) is 9.26. The first-order valence-electron chi connectivity index (χ1n) is 3.83. The highest BCUT2D eigenvalue weighted by molar-refractivity contribution is 9.10. The molecular weight excluding hydrogens is 234 g/mol. The number of H-pyrrole nitrogens is 1. The van der Waals surface area contributed by atoms with Crippen LogP contribution in [0.5, 0.6) is 0 Å². The molecule has 0 amide bonds. The highest BCUT2D eigenvalue weighted by Gasteiger charge is 2.14. The number of nitrogens with one attached hydrogen (secondary N) is 1. The molecule has 0 aliphatic rings. The van der Waals surface area contributed by atoms with Crippen LogP contribution in [0.3, 0.4) is 0 Å². The number of aromatic amines is 1. The Kier molecular flexibility index (Phi) is 2.24. The van der Waals surface area contributed by atoms with Gasteiger partial charge in [0.25, 0.3) is 0 Å². The predicted octanol–water partition coefficient (Wildman–Crippen LogP) is 2.45. The van der Waals surface area contributed by atoms with Crippen molar-refractivity contribution in [2.45, 2.75) is 6.10 Å². The van der Waals surface area contributed by atoms with Gasteiger partial charge in [0.1, 0.15) is 11.9 Å². The summed E-state index contributed by atoms with van der Waals surface area (Å²) in [7, 11) is 0. The number of furan rings is 1. The van der Waals surface area contributed by atoms with E-state index in [2.05, 4.69) is 20.9 Å². The molecule has 3 nitrogen and oxygen atoms in total. The van der Waals surface area contributed by atoms with E-state index in [0.717, 1.165) is 5.56 Å². The van der Waals surface area contributed by atoms with E-state index in [-0.39, 0.29) is 0 Å². The number of hydrogen-bond donors (Lipinski definition) is 2. The summed E-state index contributed by atoms with van der Waals surface area (Å²) in [6.07, 6.45) is 2.80. The van der Waals surface area contributed by atoms with Gasteiger partial charge in [0.15, 0.2) is 4.67 Å². The highest BCUT2D eigenvalue weighted by Crippen LogP contribution is 2.25. The third kappa shape index (κ3) is 1.68. The Morgan fingerprint density at radius 1 is 1.38 bits per heavy atom. The molecule has 0 bridgehead atoms. The summed E-state index contributed by atoms with van der Waals surface area (Å²) in [5, 5.41) is 9.76. The smallest absolute Gasteiger partial charge is 0.169 e. The first-order chi connectivity index (χ1) is 6.27. The second kappa shape index (κ2) is 3.40. The third-order valence-corrected chi connectivity index (χ3v) is 2.23. The minimum atomic E-state index is -0.697. The van der Waals surface area contributed by atoms with Gasteiger partial charge in [-0.15, -0.1) is 0 Å². The molecule has 68 valence electrons. The van der Waals surface area contributed by atoms with Crippen LogP contribution in [0.25, 0.3) is 0 Å². The van der Waals surface area contributed by atoms with Gasteiger partial charge in [-0.05, 0) is 34.1 Å². The Hall–Kier alpha value is -1.000. The van der Waals surface area contributed by atoms with Crippen molar-refractivity contribution in [1.29, 1.82) is 0 Å². The summed E-state index contributed by atoms with van der Waals surface area (Å²) in [6.45, 7) is 0. The lowest BCUT2D eigenvalue weighted by Crippen LogP contribution is -1.95. The normalized spacial score (nSPS) is 13.1. The first kappa shape index (κ1) is 8.59. The van der Waals surface area contributed by atoms with E-state index >= 15 is 0 Å². The van der Waals surface area contributed by atoms with Crippen molar-refractivity contribution in [3.8, 4) is 0 Å². The summed E-state index contributed by atoms with van der Waals surface area (Å²) in [6, 6.07) is 5.30. The number of aromatic nitrogens is 1. The SMILES string of the molecule is OC(c1cc[nH]c1)c1ccc(Br)o1. The molecule has 0 saturated carbocycles. The topological polar surface area (TPSA) is 49.2 Å². The molecule has 0 aromatic carbocycles. The molecule has 0 fully saturated rings. The maximum Gasteiger partial charge on any atom is 0.169 e. The molecule has 0 aliphatic carbocycles. The van der Waals surface area contributed by atoms with Crippen LogP contribution < -0.4 is 0 Å². The lowest BCUT2D eigenvalue weighted by atomic mass is 10.1. The van der Waals surface area contributed by atoms with Crippen LogP contribution in [0, 0.1) is 0 Å². The summed E-state index contributed by atoms with van der Waals surface area (Å²) in [5.41, 5.74) is 0.793. The Labute approximate surface area is 83.5 Å². The fourth-order valence-corrected chi connectivity index (χ4v) is 1.47. The van der Waals surface area contributed by atoms with Gasteiger partial charge >= 0.3 is 0 Å². The van der Waals surface area contributed by atoms with E-state index in [1.807, 2.05) is 0 Å². The largest absolute Gasteiger partial charge is 0.451 e. The first-order valence-corrected chi connectivity index (χ1v) is 4.62. The van der Waals surface area contributed by atoms with Gasteiger partial charge in [-0.25, -0.2) is 0 Å². The van der Waals surface area contributed by atoms with Crippen LogP contribution >= 0.6 is 15.9 Å². The van der Waals surface area contributed by atoms with Gasteiger partial charge in [0, 0.05) is 18.0 Å². The molecular formula is C9H8BrNO2. The molecule has 4 heteroatoms. The molecule has 2 N–H and O–H groups in total. The third-order valence-electron chi connectivity index (χ3n) is 1.80. The molecule has 13 heavy (non-hydrogen) atoms. The lowest BCUT2D eigenvalue weighted by Gasteiger charge is -2.03. The van der Waals surface area contributed by atoms with E-state index in [1.165, 1.54) is 0 Å². The molecule has 2 aromatic rings. The molecule has 0 spiro atoms. The van der Waals surface area contributed by atoms with Crippen molar-refractivity contribution < 1.29 is 9.52 Å². The fraction of sp³-hybridized carbons (Fsp3) is 0.111. The fourth-order valence-electron chi connectivity index (χ4n) is 1.15. The summed E-state index contributed by atoms with van der Waals surface area (Å²) < 4.78 is 5.84. The second-order valence-corrected chi connectivity index (χ2v) is 3.47.